The first-order valence-corrected chi connectivity index (χ1v) is 4.42. The van der Waals surface area contributed by atoms with E-state index in [0.29, 0.717) is 13.9 Å². The fourth-order valence-electron chi connectivity index (χ4n) is 0.0244. The molecule has 0 aliphatic heterocycles. The average molecular weight is 128 g/mol. The Hall–Kier alpha value is 0.820. The molecule has 4 heteroatoms. The van der Waals surface area contributed by atoms with Crippen LogP contribution in [0.15, 0.2) is 0 Å². The number of hydrogen-bond donors (Lipinski definition) is 0. The predicted octanol–water partition coefficient (Wildman–Crippen LogP) is 2.07. The van der Waals surface area contributed by atoms with Gasteiger partial charge in [0.05, 0.1) is 5.62 Å². The second-order valence-electron chi connectivity index (χ2n) is 0.383. The van der Waals surface area contributed by atoms with Crippen LogP contribution in [0.25, 0.3) is 0 Å². The molecule has 1 atom stereocenters. The van der Waals surface area contributed by atoms with Gasteiger partial charge in [-0.1, -0.05) is 0 Å². The lowest BCUT2D eigenvalue weighted by molar-refractivity contribution is 0.605. The topological polar surface area (TPSA) is 17.1 Å². The van der Waals surface area contributed by atoms with Crippen LogP contribution in [-0.2, 0) is 4.57 Å². The first kappa shape index (κ1) is 5.82. The smallest absolute Gasteiger partial charge is 0.178 e. The van der Waals surface area contributed by atoms with Crippen LogP contribution in [0.1, 0.15) is 0 Å². The van der Waals surface area contributed by atoms with Crippen molar-refractivity contribution in [3.05, 3.63) is 0 Å². The molecule has 0 saturated heterocycles. The Morgan fingerprint density at radius 1 is 2.00 bits per heavy atom. The predicted molar refractivity (Wildman–Crippen MR) is 26.6 cm³/mol. The number of alkyl halides is 1. The maximum Gasteiger partial charge on any atom is 0.178 e. The number of rotatable bonds is 2. The molecule has 0 aromatic rings. The van der Waals surface area contributed by atoms with Crippen molar-refractivity contribution in [2.24, 2.45) is 0 Å². The fraction of sp³-hybridized carbons (Fsp3) is 1.00. The summed E-state index contributed by atoms with van der Waals surface area (Å²) in [4.78, 5) is 0. The molecule has 0 aromatic heterocycles. The minimum Gasteiger partial charge on any atom is -0.270 e. The molecule has 0 amide bonds. The lowest BCUT2D eigenvalue weighted by atomic mass is 11.9. The monoisotopic (exact) mass is 128 g/mol. The van der Waals surface area contributed by atoms with Gasteiger partial charge in [-0.25, -0.2) is 0 Å². The van der Waals surface area contributed by atoms with Gasteiger partial charge < -0.3 is 0 Å². The average Bonchev–Trinajstić information content (AvgIpc) is 1.41. The van der Waals surface area contributed by atoms with Crippen molar-refractivity contribution in [3.8, 4) is 0 Å². The Labute approximate surface area is 39.0 Å². The molecule has 0 aliphatic carbocycles. The molecule has 30 valence electrons. The van der Waals surface area contributed by atoms with Gasteiger partial charge in [-0.05, 0) is 8.27 Å². The highest BCUT2D eigenvalue weighted by Gasteiger charge is 1.70. The van der Waals surface area contributed by atoms with Crippen molar-refractivity contribution in [1.82, 2.24) is 0 Å². The normalized spacial score (nSPS) is 11.4. The molecule has 0 spiro atoms. The summed E-state index contributed by atoms with van der Waals surface area (Å²) in [5.41, 5.74) is 0.519. The van der Waals surface area contributed by atoms with E-state index in [4.69, 9.17) is 11.6 Å². The summed E-state index contributed by atoms with van der Waals surface area (Å²) in [6.45, 7) is 0. The Morgan fingerprint density at radius 3 is 2.60 bits per heavy atom. The van der Waals surface area contributed by atoms with E-state index in [2.05, 4.69) is 0 Å². The summed E-state index contributed by atoms with van der Waals surface area (Å²) in [6, 6.07) is 0. The van der Waals surface area contributed by atoms with Gasteiger partial charge in [0, 0.05) is 0 Å². The first-order valence-electron chi connectivity index (χ1n) is 1.03. The number of halogens is 1. The van der Waals surface area contributed by atoms with Crippen LogP contribution < -0.4 is 0 Å². The third kappa shape index (κ3) is 4.82. The lowest BCUT2D eigenvalue weighted by Gasteiger charge is -1.65. The van der Waals surface area contributed by atoms with E-state index in [1.54, 1.807) is 0 Å². The molecule has 0 aliphatic rings. The van der Waals surface area contributed by atoms with Gasteiger partial charge in [0.15, 0.2) is 8.15 Å². The molecular weight excluding hydrogens is 125 g/mol. The van der Waals surface area contributed by atoms with Crippen molar-refractivity contribution in [3.63, 3.8) is 0 Å². The van der Waals surface area contributed by atoms with E-state index in [9.17, 15) is 4.57 Å². The van der Waals surface area contributed by atoms with Crippen molar-refractivity contribution in [2.45, 2.75) is 0 Å². The zero-order valence-electron chi connectivity index (χ0n) is 2.44. The van der Waals surface area contributed by atoms with Crippen LogP contribution >= 0.6 is 28.0 Å². The third-order valence-electron chi connectivity index (χ3n) is 0.124. The van der Waals surface area contributed by atoms with Gasteiger partial charge in [-0.2, -0.15) is 0 Å². The van der Waals surface area contributed by atoms with Crippen molar-refractivity contribution >= 4 is 28.0 Å². The molecule has 0 bridgehead atoms. The zero-order valence-corrected chi connectivity index (χ0v) is 5.09. The molecule has 1 nitrogen and oxygen atoms in total. The molecule has 0 heterocycles. The molecule has 0 saturated carbocycles. The van der Waals surface area contributed by atoms with Crippen LogP contribution in [0.3, 0.4) is 0 Å². The largest absolute Gasteiger partial charge is 0.270 e. The van der Waals surface area contributed by atoms with Crippen molar-refractivity contribution < 1.29 is 4.57 Å². The van der Waals surface area contributed by atoms with Gasteiger partial charge in [0.1, 0.15) is 0 Å². The van der Waals surface area contributed by atoms with Crippen LogP contribution in [0.4, 0.5) is 0 Å². The third-order valence-corrected chi connectivity index (χ3v) is 2.19. The number of hydrogen-bond acceptors (Lipinski definition) is 1. The van der Waals surface area contributed by atoms with Gasteiger partial charge in [-0.3, -0.25) is 4.57 Å². The highest BCUT2D eigenvalue weighted by atomic mass is 35.5. The fourth-order valence-corrected chi connectivity index (χ4v) is 0.659. The SMILES string of the molecule is O=PPCCl. The second kappa shape index (κ2) is 4.82. The summed E-state index contributed by atoms with van der Waals surface area (Å²) >= 11 is 5.11. The highest BCUT2D eigenvalue weighted by molar-refractivity contribution is 8.06. The van der Waals surface area contributed by atoms with E-state index in [1.807, 2.05) is 0 Å². The molecule has 0 fully saturated rings. The quantitative estimate of drug-likeness (QED) is 0.411. The van der Waals surface area contributed by atoms with Gasteiger partial charge in [-0.15, -0.1) is 11.6 Å². The first-order chi connectivity index (χ1) is 2.41. The Balaban J connectivity index is 2.40. The Bertz CT molecular complexity index is 30.8. The second-order valence-corrected chi connectivity index (χ2v) is 3.45. The summed E-state index contributed by atoms with van der Waals surface area (Å²) in [5, 5.41) is 0. The molecule has 5 heavy (non-hydrogen) atoms. The standard InChI is InChI=1S/CH3ClOP2/c2-1-4-5-3/h4H,1H2. The Kier molecular flexibility index (Phi) is 5.61. The molecule has 0 rings (SSSR count). The van der Waals surface area contributed by atoms with Gasteiger partial charge >= 0.3 is 0 Å². The van der Waals surface area contributed by atoms with Crippen molar-refractivity contribution in [1.29, 1.82) is 0 Å². The molecule has 0 N–H and O–H groups in total. The summed E-state index contributed by atoms with van der Waals surface area (Å²) in [5.74, 6) is 0. The highest BCUT2D eigenvalue weighted by Crippen LogP contribution is 2.26. The van der Waals surface area contributed by atoms with E-state index in [0.717, 1.165) is 0 Å². The van der Waals surface area contributed by atoms with E-state index in [1.165, 1.54) is 0 Å². The van der Waals surface area contributed by atoms with Crippen LogP contribution in [-0.4, -0.2) is 5.62 Å². The minimum atomic E-state index is 0.176. The summed E-state index contributed by atoms with van der Waals surface area (Å²) in [6.07, 6.45) is 0. The van der Waals surface area contributed by atoms with Crippen molar-refractivity contribution in [2.75, 3.05) is 5.62 Å². The van der Waals surface area contributed by atoms with Gasteiger partial charge in [0.25, 0.3) is 0 Å². The maximum absolute atomic E-state index is 9.43. The lowest BCUT2D eigenvalue weighted by Crippen LogP contribution is -1.32. The molecular formula is CH3ClOP2. The van der Waals surface area contributed by atoms with Crippen LogP contribution in [0.5, 0.6) is 0 Å². The van der Waals surface area contributed by atoms with E-state index in [-0.39, 0.29) is 8.15 Å². The molecule has 0 radical (unpaired) electrons. The summed E-state index contributed by atoms with van der Waals surface area (Å²) < 4.78 is 9.43. The van der Waals surface area contributed by atoms with E-state index < -0.39 is 0 Å². The van der Waals surface area contributed by atoms with Crippen LogP contribution in [0, 0.1) is 0 Å². The van der Waals surface area contributed by atoms with Crippen LogP contribution in [0.2, 0.25) is 0 Å². The summed E-state index contributed by atoms with van der Waals surface area (Å²) in [7, 11) is 0.555. The Morgan fingerprint density at radius 2 is 2.60 bits per heavy atom. The maximum atomic E-state index is 9.43. The van der Waals surface area contributed by atoms with Gasteiger partial charge in [0.2, 0.25) is 0 Å². The molecule has 1 unspecified atom stereocenters. The zero-order chi connectivity index (χ0) is 4.12. The van der Waals surface area contributed by atoms with E-state index >= 15 is 0 Å². The minimum absolute atomic E-state index is 0.176. The molecule has 0 aromatic carbocycles.